The molecular weight excluding hydrogens is 400 g/mol. The molecule has 4 nitrogen and oxygen atoms in total. The van der Waals surface area contributed by atoms with E-state index in [1.807, 2.05) is 24.3 Å². The zero-order valence-electron chi connectivity index (χ0n) is 18.5. The van der Waals surface area contributed by atoms with Gasteiger partial charge in [-0.25, -0.2) is 4.79 Å². The third-order valence-electron chi connectivity index (χ3n) is 5.88. The number of carboxylic acids is 1. The minimum Gasteiger partial charge on any atom is -0.490 e. The summed E-state index contributed by atoms with van der Waals surface area (Å²) in [6.07, 6.45) is 2.59. The summed E-state index contributed by atoms with van der Waals surface area (Å²) in [5.41, 5.74) is 8.75. The van der Waals surface area contributed by atoms with Gasteiger partial charge in [0.1, 0.15) is 12.4 Å². The molecule has 0 saturated heterocycles. The molecule has 32 heavy (non-hydrogen) atoms. The number of benzene rings is 3. The minimum absolute atomic E-state index is 0.338. The molecule has 0 fully saturated rings. The molecule has 0 radical (unpaired) electrons. The Balaban J connectivity index is 1.35. The molecule has 4 heteroatoms. The van der Waals surface area contributed by atoms with E-state index in [0.29, 0.717) is 19.6 Å². The number of carbonyl (C=O) groups is 1. The minimum atomic E-state index is -0.941. The van der Waals surface area contributed by atoms with Gasteiger partial charge in [-0.3, -0.25) is 0 Å². The molecule has 1 N–H and O–H groups in total. The first-order valence-electron chi connectivity index (χ1n) is 11.0. The fraction of sp³-hybridized carbons (Fsp3) is 0.250. The van der Waals surface area contributed by atoms with Gasteiger partial charge in [-0.05, 0) is 77.4 Å². The number of hydrogen-bond acceptors (Lipinski definition) is 3. The van der Waals surface area contributed by atoms with Crippen LogP contribution in [0.3, 0.4) is 0 Å². The third kappa shape index (κ3) is 4.92. The molecule has 0 unspecified atom stereocenters. The molecular formula is C28H28O4. The van der Waals surface area contributed by atoms with Gasteiger partial charge in [0.05, 0.1) is 0 Å². The van der Waals surface area contributed by atoms with Crippen LogP contribution in [0.4, 0.5) is 0 Å². The highest BCUT2D eigenvalue weighted by molar-refractivity contribution is 5.79. The summed E-state index contributed by atoms with van der Waals surface area (Å²) in [5.74, 6) is -0.186. The second-order valence-electron chi connectivity index (χ2n) is 8.03. The van der Waals surface area contributed by atoms with E-state index >= 15 is 0 Å². The van der Waals surface area contributed by atoms with E-state index < -0.39 is 12.1 Å². The lowest BCUT2D eigenvalue weighted by molar-refractivity contribution is -0.149. The highest BCUT2D eigenvalue weighted by Crippen LogP contribution is 2.37. The van der Waals surface area contributed by atoms with Gasteiger partial charge in [0.2, 0.25) is 0 Å². The molecule has 1 aliphatic rings. The standard InChI is InChI=1S/C28H28O4/c1-3-31-27(28(29)30)16-20-8-11-24(12-9-20)32-15-14-19(2)21-10-13-26-23(17-21)18-22-6-4-5-7-25(22)26/h4-14,17,27H,3,15-16,18H2,1-2H3,(H,29,30)/t27-/m0/s1. The predicted molar refractivity (Wildman–Crippen MR) is 127 cm³/mol. The average molecular weight is 429 g/mol. The molecule has 1 atom stereocenters. The van der Waals surface area contributed by atoms with Gasteiger partial charge in [-0.15, -0.1) is 0 Å². The van der Waals surface area contributed by atoms with Gasteiger partial charge >= 0.3 is 5.97 Å². The van der Waals surface area contributed by atoms with E-state index in [2.05, 4.69) is 55.5 Å². The van der Waals surface area contributed by atoms with Gasteiger partial charge in [0.25, 0.3) is 0 Å². The normalized spacial score (nSPS) is 13.4. The van der Waals surface area contributed by atoms with Crippen LogP contribution in [0.25, 0.3) is 16.7 Å². The molecule has 3 aromatic rings. The molecule has 0 aliphatic heterocycles. The molecule has 0 saturated carbocycles. The molecule has 3 aromatic carbocycles. The van der Waals surface area contributed by atoms with Crippen molar-refractivity contribution in [3.63, 3.8) is 0 Å². The van der Waals surface area contributed by atoms with Crippen molar-refractivity contribution < 1.29 is 19.4 Å². The Labute approximate surface area is 189 Å². The van der Waals surface area contributed by atoms with E-state index in [-0.39, 0.29) is 0 Å². The number of carboxylic acid groups (broad SMARTS) is 1. The van der Waals surface area contributed by atoms with E-state index in [4.69, 9.17) is 9.47 Å². The number of allylic oxidation sites excluding steroid dienone is 1. The fourth-order valence-corrected chi connectivity index (χ4v) is 4.13. The molecule has 1 aliphatic carbocycles. The molecule has 164 valence electrons. The summed E-state index contributed by atoms with van der Waals surface area (Å²) >= 11 is 0. The first kappa shape index (κ1) is 21.8. The number of hydrogen-bond donors (Lipinski definition) is 1. The highest BCUT2D eigenvalue weighted by Gasteiger charge is 2.19. The second-order valence-corrected chi connectivity index (χ2v) is 8.03. The summed E-state index contributed by atoms with van der Waals surface area (Å²) in [6.45, 7) is 4.75. The van der Waals surface area contributed by atoms with Crippen molar-refractivity contribution in [1.82, 2.24) is 0 Å². The summed E-state index contributed by atoms with van der Waals surface area (Å²) in [4.78, 5) is 11.2. The lowest BCUT2D eigenvalue weighted by Gasteiger charge is -2.12. The molecule has 0 spiro atoms. The number of fused-ring (bicyclic) bond motifs is 3. The summed E-state index contributed by atoms with van der Waals surface area (Å²) in [7, 11) is 0. The summed E-state index contributed by atoms with van der Waals surface area (Å²) in [5, 5.41) is 9.22. The Hall–Kier alpha value is -3.37. The summed E-state index contributed by atoms with van der Waals surface area (Å²) < 4.78 is 11.2. The van der Waals surface area contributed by atoms with Crippen LogP contribution in [0.15, 0.2) is 72.8 Å². The Kier molecular flexibility index (Phi) is 6.72. The number of ether oxygens (including phenoxy) is 2. The maximum atomic E-state index is 11.2. The Morgan fingerprint density at radius 1 is 1.03 bits per heavy atom. The van der Waals surface area contributed by atoms with E-state index in [1.165, 1.54) is 33.4 Å². The topological polar surface area (TPSA) is 55.8 Å². The Morgan fingerprint density at radius 2 is 1.78 bits per heavy atom. The highest BCUT2D eigenvalue weighted by atomic mass is 16.5. The quantitative estimate of drug-likeness (QED) is 0.368. The fourth-order valence-electron chi connectivity index (χ4n) is 4.13. The van der Waals surface area contributed by atoms with Crippen molar-refractivity contribution in [3.8, 4) is 16.9 Å². The lowest BCUT2D eigenvalue weighted by Crippen LogP contribution is -2.26. The average Bonchev–Trinajstić information content (AvgIpc) is 3.17. The Morgan fingerprint density at radius 3 is 2.53 bits per heavy atom. The zero-order valence-corrected chi connectivity index (χ0v) is 18.5. The van der Waals surface area contributed by atoms with Gasteiger partial charge in [-0.1, -0.05) is 54.6 Å². The van der Waals surface area contributed by atoms with Gasteiger partial charge in [0.15, 0.2) is 6.10 Å². The largest absolute Gasteiger partial charge is 0.490 e. The monoisotopic (exact) mass is 428 g/mol. The van der Waals surface area contributed by atoms with Crippen LogP contribution in [0, 0.1) is 0 Å². The molecule has 0 amide bonds. The summed E-state index contributed by atoms with van der Waals surface area (Å²) in [6, 6.07) is 22.8. The van der Waals surface area contributed by atoms with Crippen molar-refractivity contribution in [3.05, 3.63) is 95.1 Å². The van der Waals surface area contributed by atoms with Crippen LogP contribution in [0.5, 0.6) is 5.75 Å². The maximum Gasteiger partial charge on any atom is 0.333 e. The number of aliphatic carboxylic acids is 1. The molecule has 0 heterocycles. The van der Waals surface area contributed by atoms with Crippen LogP contribution in [0.2, 0.25) is 0 Å². The zero-order chi connectivity index (χ0) is 22.5. The predicted octanol–water partition coefficient (Wildman–Crippen LogP) is 5.77. The number of rotatable bonds is 9. The van der Waals surface area contributed by atoms with E-state index in [0.717, 1.165) is 17.7 Å². The van der Waals surface area contributed by atoms with Crippen LogP contribution in [-0.4, -0.2) is 30.4 Å². The third-order valence-corrected chi connectivity index (χ3v) is 5.88. The molecule has 0 bridgehead atoms. The second kappa shape index (κ2) is 9.84. The van der Waals surface area contributed by atoms with Crippen molar-refractivity contribution in [2.45, 2.75) is 32.8 Å². The van der Waals surface area contributed by atoms with Crippen molar-refractivity contribution in [1.29, 1.82) is 0 Å². The van der Waals surface area contributed by atoms with Crippen molar-refractivity contribution >= 4 is 11.5 Å². The first-order chi connectivity index (χ1) is 15.5. The SMILES string of the molecule is CCO[C@@H](Cc1ccc(OCC=C(C)c2ccc3c(c2)Cc2ccccc2-3)cc1)C(=O)O. The van der Waals surface area contributed by atoms with Crippen LogP contribution in [0.1, 0.15) is 36.1 Å². The van der Waals surface area contributed by atoms with Gasteiger partial charge in [0, 0.05) is 13.0 Å². The van der Waals surface area contributed by atoms with Crippen LogP contribution in [-0.2, 0) is 22.4 Å². The van der Waals surface area contributed by atoms with E-state index in [1.54, 1.807) is 6.92 Å². The van der Waals surface area contributed by atoms with Gasteiger partial charge < -0.3 is 14.6 Å². The van der Waals surface area contributed by atoms with Crippen LogP contribution >= 0.6 is 0 Å². The van der Waals surface area contributed by atoms with E-state index in [9.17, 15) is 9.90 Å². The van der Waals surface area contributed by atoms with Crippen molar-refractivity contribution in [2.24, 2.45) is 0 Å². The van der Waals surface area contributed by atoms with Gasteiger partial charge in [-0.2, -0.15) is 0 Å². The molecule has 4 rings (SSSR count). The Bertz CT molecular complexity index is 1130. The lowest BCUT2D eigenvalue weighted by atomic mass is 10.00. The smallest absolute Gasteiger partial charge is 0.333 e. The van der Waals surface area contributed by atoms with Crippen LogP contribution < -0.4 is 4.74 Å². The first-order valence-corrected chi connectivity index (χ1v) is 11.0. The molecule has 0 aromatic heterocycles. The maximum absolute atomic E-state index is 11.2. The van der Waals surface area contributed by atoms with Crippen molar-refractivity contribution in [2.75, 3.05) is 13.2 Å².